The summed E-state index contributed by atoms with van der Waals surface area (Å²) in [7, 11) is 0. The number of anilines is 1. The molecule has 17 heavy (non-hydrogen) atoms. The van der Waals surface area contributed by atoms with Gasteiger partial charge in [0.25, 0.3) is 0 Å². The van der Waals surface area contributed by atoms with Crippen LogP contribution in [-0.4, -0.2) is 9.78 Å². The van der Waals surface area contributed by atoms with Gasteiger partial charge in [0.1, 0.15) is 5.82 Å². The average molecular weight is 233 g/mol. The fraction of sp³-hybridized carbons (Fsp3) is 0.308. The number of aryl methyl sites for hydroxylation is 3. The molecule has 0 aliphatic heterocycles. The number of benzene rings is 1. The quantitative estimate of drug-likeness (QED) is 0.810. The molecule has 0 bridgehead atoms. The van der Waals surface area contributed by atoms with E-state index in [1.54, 1.807) is 17.7 Å². The van der Waals surface area contributed by atoms with Gasteiger partial charge < -0.3 is 5.73 Å². The average Bonchev–Trinajstić information content (AvgIpc) is 2.65. The van der Waals surface area contributed by atoms with E-state index in [-0.39, 0.29) is 5.82 Å². The first-order valence-electron chi connectivity index (χ1n) is 5.63. The van der Waals surface area contributed by atoms with Gasteiger partial charge in [0.2, 0.25) is 0 Å². The Kier molecular flexibility index (Phi) is 2.88. The third-order valence-corrected chi connectivity index (χ3v) is 2.92. The third-order valence-electron chi connectivity index (χ3n) is 2.92. The van der Waals surface area contributed by atoms with E-state index >= 15 is 0 Å². The van der Waals surface area contributed by atoms with E-state index in [9.17, 15) is 4.39 Å². The summed E-state index contributed by atoms with van der Waals surface area (Å²) in [6.07, 6.45) is 1.85. The lowest BCUT2D eigenvalue weighted by Gasteiger charge is -2.06. The normalized spacial score (nSPS) is 10.8. The number of rotatable bonds is 2. The van der Waals surface area contributed by atoms with Crippen molar-refractivity contribution in [3.05, 3.63) is 35.4 Å². The van der Waals surface area contributed by atoms with Crippen LogP contribution in [-0.2, 0) is 6.54 Å². The number of aromatic nitrogens is 2. The maximum atomic E-state index is 13.9. The summed E-state index contributed by atoms with van der Waals surface area (Å²) in [5.41, 5.74) is 9.32. The van der Waals surface area contributed by atoms with Crippen molar-refractivity contribution >= 4 is 5.69 Å². The summed E-state index contributed by atoms with van der Waals surface area (Å²) in [5, 5.41) is 4.31. The van der Waals surface area contributed by atoms with Crippen molar-refractivity contribution in [2.45, 2.75) is 27.3 Å². The molecule has 90 valence electrons. The smallest absolute Gasteiger partial charge is 0.131 e. The summed E-state index contributed by atoms with van der Waals surface area (Å²) < 4.78 is 15.7. The van der Waals surface area contributed by atoms with Crippen LogP contribution in [0.4, 0.5) is 10.1 Å². The Bertz CT molecular complexity index is 558. The molecular formula is C13H16FN3. The van der Waals surface area contributed by atoms with Crippen LogP contribution in [0.3, 0.4) is 0 Å². The van der Waals surface area contributed by atoms with Crippen molar-refractivity contribution in [3.8, 4) is 11.1 Å². The van der Waals surface area contributed by atoms with Gasteiger partial charge in [-0.2, -0.15) is 5.10 Å². The highest BCUT2D eigenvalue weighted by atomic mass is 19.1. The lowest BCUT2D eigenvalue weighted by molar-refractivity contribution is 0.630. The van der Waals surface area contributed by atoms with E-state index in [4.69, 9.17) is 5.73 Å². The molecule has 2 N–H and O–H groups in total. The first-order valence-corrected chi connectivity index (χ1v) is 5.63. The first kappa shape index (κ1) is 11.6. The third kappa shape index (κ3) is 2.02. The monoisotopic (exact) mass is 233 g/mol. The molecule has 4 heteroatoms. The molecule has 0 amide bonds. The molecule has 2 rings (SSSR count). The fourth-order valence-electron chi connectivity index (χ4n) is 1.84. The molecule has 0 radical (unpaired) electrons. The van der Waals surface area contributed by atoms with E-state index < -0.39 is 0 Å². The van der Waals surface area contributed by atoms with Gasteiger partial charge in [-0.3, -0.25) is 4.68 Å². The molecule has 0 unspecified atom stereocenters. The topological polar surface area (TPSA) is 43.8 Å². The van der Waals surface area contributed by atoms with Crippen molar-refractivity contribution in [3.63, 3.8) is 0 Å². The van der Waals surface area contributed by atoms with Crippen LogP contribution >= 0.6 is 0 Å². The summed E-state index contributed by atoms with van der Waals surface area (Å²) in [4.78, 5) is 0. The van der Waals surface area contributed by atoms with Crippen molar-refractivity contribution < 1.29 is 4.39 Å². The predicted molar refractivity (Wildman–Crippen MR) is 67.2 cm³/mol. The number of hydrogen-bond donors (Lipinski definition) is 1. The molecule has 0 atom stereocenters. The molecule has 2 aromatic rings. The SMILES string of the molecule is CCn1cc(-c2cc(N)c(C)cc2F)c(C)n1. The fourth-order valence-corrected chi connectivity index (χ4v) is 1.84. The van der Waals surface area contributed by atoms with Gasteiger partial charge in [-0.05, 0) is 38.5 Å². The van der Waals surface area contributed by atoms with Crippen LogP contribution in [0, 0.1) is 19.7 Å². The Morgan fingerprint density at radius 2 is 2.00 bits per heavy atom. The zero-order chi connectivity index (χ0) is 12.6. The van der Waals surface area contributed by atoms with E-state index in [1.807, 2.05) is 20.0 Å². The molecule has 1 heterocycles. The van der Waals surface area contributed by atoms with E-state index in [0.29, 0.717) is 11.3 Å². The maximum absolute atomic E-state index is 13.9. The maximum Gasteiger partial charge on any atom is 0.131 e. The minimum absolute atomic E-state index is 0.254. The number of nitrogens with two attached hydrogens (primary N) is 1. The molecule has 0 spiro atoms. The number of nitrogen functional groups attached to an aromatic ring is 1. The van der Waals surface area contributed by atoms with E-state index in [1.165, 1.54) is 6.07 Å². The standard InChI is InChI=1S/C13H16FN3/c1-4-17-7-11(9(3)16-17)10-6-13(15)8(2)5-12(10)14/h5-7H,4,15H2,1-3H3. The Balaban J connectivity index is 2.59. The Morgan fingerprint density at radius 1 is 1.29 bits per heavy atom. The number of hydrogen-bond acceptors (Lipinski definition) is 2. The molecule has 0 saturated heterocycles. The second kappa shape index (κ2) is 4.20. The number of nitrogens with zero attached hydrogens (tertiary/aromatic N) is 2. The summed E-state index contributed by atoms with van der Waals surface area (Å²) in [5.74, 6) is -0.254. The largest absolute Gasteiger partial charge is 0.398 e. The van der Waals surface area contributed by atoms with Gasteiger partial charge in [-0.1, -0.05) is 0 Å². The van der Waals surface area contributed by atoms with Crippen LogP contribution in [0.5, 0.6) is 0 Å². The molecule has 0 fully saturated rings. The molecule has 0 aliphatic carbocycles. The van der Waals surface area contributed by atoms with Crippen molar-refractivity contribution in [2.24, 2.45) is 0 Å². The zero-order valence-electron chi connectivity index (χ0n) is 10.3. The second-order valence-electron chi connectivity index (χ2n) is 4.17. The highest BCUT2D eigenvalue weighted by Crippen LogP contribution is 2.29. The van der Waals surface area contributed by atoms with Gasteiger partial charge in [0.15, 0.2) is 0 Å². The van der Waals surface area contributed by atoms with Crippen molar-refractivity contribution in [1.29, 1.82) is 0 Å². The molecular weight excluding hydrogens is 217 g/mol. The van der Waals surface area contributed by atoms with Crippen LogP contribution in [0.2, 0.25) is 0 Å². The van der Waals surface area contributed by atoms with E-state index in [0.717, 1.165) is 23.4 Å². The summed E-state index contributed by atoms with van der Waals surface area (Å²) in [6.45, 7) is 6.43. The van der Waals surface area contributed by atoms with Gasteiger partial charge in [0.05, 0.1) is 5.69 Å². The second-order valence-corrected chi connectivity index (χ2v) is 4.17. The van der Waals surface area contributed by atoms with Crippen molar-refractivity contribution in [2.75, 3.05) is 5.73 Å². The predicted octanol–water partition coefficient (Wildman–Crippen LogP) is 2.91. The summed E-state index contributed by atoms with van der Waals surface area (Å²) in [6, 6.07) is 3.14. The lowest BCUT2D eigenvalue weighted by atomic mass is 10.0. The Labute approximate surface area is 100 Å². The van der Waals surface area contributed by atoms with Crippen LogP contribution in [0.25, 0.3) is 11.1 Å². The minimum atomic E-state index is -0.254. The van der Waals surface area contributed by atoms with E-state index in [2.05, 4.69) is 5.10 Å². The minimum Gasteiger partial charge on any atom is -0.398 e. The van der Waals surface area contributed by atoms with Gasteiger partial charge in [-0.25, -0.2) is 4.39 Å². The lowest BCUT2D eigenvalue weighted by Crippen LogP contribution is -1.94. The molecule has 1 aromatic heterocycles. The Morgan fingerprint density at radius 3 is 2.59 bits per heavy atom. The molecule has 3 nitrogen and oxygen atoms in total. The van der Waals surface area contributed by atoms with Gasteiger partial charge in [-0.15, -0.1) is 0 Å². The van der Waals surface area contributed by atoms with Crippen LogP contribution in [0.1, 0.15) is 18.2 Å². The van der Waals surface area contributed by atoms with Gasteiger partial charge in [0, 0.05) is 29.6 Å². The van der Waals surface area contributed by atoms with Crippen LogP contribution < -0.4 is 5.73 Å². The first-order chi connectivity index (χ1) is 8.02. The number of halogens is 1. The molecule has 0 aliphatic rings. The summed E-state index contributed by atoms with van der Waals surface area (Å²) >= 11 is 0. The zero-order valence-corrected chi connectivity index (χ0v) is 10.3. The highest BCUT2D eigenvalue weighted by Gasteiger charge is 2.13. The molecule has 1 aromatic carbocycles. The van der Waals surface area contributed by atoms with Crippen molar-refractivity contribution in [1.82, 2.24) is 9.78 Å². The van der Waals surface area contributed by atoms with Crippen LogP contribution in [0.15, 0.2) is 18.3 Å². The van der Waals surface area contributed by atoms with Gasteiger partial charge >= 0.3 is 0 Å². The molecule has 0 saturated carbocycles. The Hall–Kier alpha value is -1.84. The highest BCUT2D eigenvalue weighted by molar-refractivity contribution is 5.70.